The minimum Gasteiger partial charge on any atom is -0.0848 e. The van der Waals surface area contributed by atoms with E-state index in [9.17, 15) is 0 Å². The first-order valence-corrected chi connectivity index (χ1v) is 5.56. The van der Waals surface area contributed by atoms with E-state index in [0.717, 1.165) is 6.42 Å². The third kappa shape index (κ3) is 3.39. The Bertz CT molecular complexity index is 381. The maximum atomic E-state index is 2.23. The molecule has 0 aliphatic rings. The molecule has 0 saturated carbocycles. The molecule has 15 heavy (non-hydrogen) atoms. The molecule has 0 heteroatoms. The summed E-state index contributed by atoms with van der Waals surface area (Å²) in [6.07, 6.45) is 7.58. The lowest BCUT2D eigenvalue weighted by molar-refractivity contribution is 1.22. The van der Waals surface area contributed by atoms with E-state index in [2.05, 4.69) is 64.1 Å². The monoisotopic (exact) mass is 200 g/mol. The maximum absolute atomic E-state index is 2.23. The third-order valence-electron chi connectivity index (χ3n) is 2.52. The van der Waals surface area contributed by atoms with Crippen molar-refractivity contribution < 1.29 is 0 Å². The standard InChI is InChI=1S/C15H20/c1-5-6-7-8-13(3)15-10-9-12(2)11-14(15)4/h6-11H,5H2,1-4H3/b7-6+,13-8-. The van der Waals surface area contributed by atoms with Crippen molar-refractivity contribution in [3.05, 3.63) is 53.1 Å². The summed E-state index contributed by atoms with van der Waals surface area (Å²) in [7, 11) is 0. The van der Waals surface area contributed by atoms with E-state index in [4.69, 9.17) is 0 Å². The molecule has 0 radical (unpaired) electrons. The number of benzene rings is 1. The molecule has 0 aliphatic heterocycles. The van der Waals surface area contributed by atoms with Gasteiger partial charge in [-0.15, -0.1) is 0 Å². The Kier molecular flexibility index (Phi) is 4.36. The predicted molar refractivity (Wildman–Crippen MR) is 69.0 cm³/mol. The second-order valence-electron chi connectivity index (χ2n) is 4.00. The number of allylic oxidation sites excluding steroid dienone is 4. The van der Waals surface area contributed by atoms with Crippen molar-refractivity contribution in [2.75, 3.05) is 0 Å². The van der Waals surface area contributed by atoms with Gasteiger partial charge in [-0.25, -0.2) is 0 Å². The van der Waals surface area contributed by atoms with Crippen LogP contribution in [0.3, 0.4) is 0 Å². The predicted octanol–water partition coefficient (Wildman–Crippen LogP) is 4.67. The second kappa shape index (κ2) is 5.55. The van der Waals surface area contributed by atoms with Crippen LogP contribution in [0.5, 0.6) is 0 Å². The van der Waals surface area contributed by atoms with Gasteiger partial charge in [-0.1, -0.05) is 48.9 Å². The summed E-state index contributed by atoms with van der Waals surface area (Å²) in [5.74, 6) is 0. The Labute approximate surface area is 93.3 Å². The van der Waals surface area contributed by atoms with E-state index in [0.29, 0.717) is 0 Å². The fourth-order valence-corrected chi connectivity index (χ4v) is 1.69. The number of aryl methyl sites for hydroxylation is 2. The topological polar surface area (TPSA) is 0 Å². The summed E-state index contributed by atoms with van der Waals surface area (Å²) < 4.78 is 0. The zero-order valence-electron chi connectivity index (χ0n) is 10.2. The zero-order valence-corrected chi connectivity index (χ0v) is 10.2. The maximum Gasteiger partial charge on any atom is -0.0198 e. The molecule has 0 spiro atoms. The van der Waals surface area contributed by atoms with Gasteiger partial charge in [0.05, 0.1) is 0 Å². The van der Waals surface area contributed by atoms with Crippen molar-refractivity contribution in [2.45, 2.75) is 34.1 Å². The first kappa shape index (κ1) is 11.8. The van der Waals surface area contributed by atoms with Gasteiger partial charge in [-0.3, -0.25) is 0 Å². The van der Waals surface area contributed by atoms with Crippen molar-refractivity contribution in [3.8, 4) is 0 Å². The molecular formula is C15H20. The van der Waals surface area contributed by atoms with Crippen LogP contribution in [0.1, 0.15) is 37.0 Å². The van der Waals surface area contributed by atoms with Crippen molar-refractivity contribution in [1.29, 1.82) is 0 Å². The van der Waals surface area contributed by atoms with E-state index >= 15 is 0 Å². The molecule has 0 fully saturated rings. The molecule has 0 heterocycles. The zero-order chi connectivity index (χ0) is 11.3. The van der Waals surface area contributed by atoms with Crippen molar-refractivity contribution in [3.63, 3.8) is 0 Å². The highest BCUT2D eigenvalue weighted by Gasteiger charge is 1.98. The normalized spacial score (nSPS) is 12.4. The van der Waals surface area contributed by atoms with Crippen LogP contribution in [0.2, 0.25) is 0 Å². The van der Waals surface area contributed by atoms with E-state index in [1.165, 1.54) is 22.3 Å². The minimum atomic E-state index is 1.09. The summed E-state index contributed by atoms with van der Waals surface area (Å²) in [6.45, 7) is 8.62. The lowest BCUT2D eigenvalue weighted by Gasteiger charge is -2.06. The third-order valence-corrected chi connectivity index (χ3v) is 2.52. The summed E-state index contributed by atoms with van der Waals surface area (Å²) in [4.78, 5) is 0. The van der Waals surface area contributed by atoms with E-state index in [-0.39, 0.29) is 0 Å². The number of hydrogen-bond donors (Lipinski definition) is 0. The number of rotatable bonds is 3. The highest BCUT2D eigenvalue weighted by Crippen LogP contribution is 2.19. The average molecular weight is 200 g/mol. The second-order valence-corrected chi connectivity index (χ2v) is 4.00. The van der Waals surface area contributed by atoms with Crippen LogP contribution in [0, 0.1) is 13.8 Å². The van der Waals surface area contributed by atoms with Crippen LogP contribution in [0.4, 0.5) is 0 Å². The molecule has 0 nitrogen and oxygen atoms in total. The molecule has 0 aromatic heterocycles. The van der Waals surface area contributed by atoms with Crippen molar-refractivity contribution >= 4 is 5.57 Å². The van der Waals surface area contributed by atoms with E-state index in [1.807, 2.05) is 0 Å². The lowest BCUT2D eigenvalue weighted by Crippen LogP contribution is -1.86. The lowest BCUT2D eigenvalue weighted by atomic mass is 9.99. The Morgan fingerprint density at radius 3 is 2.60 bits per heavy atom. The molecule has 1 aromatic rings. The molecule has 80 valence electrons. The van der Waals surface area contributed by atoms with Crippen LogP contribution >= 0.6 is 0 Å². The highest BCUT2D eigenvalue weighted by atomic mass is 14.0. The summed E-state index contributed by atoms with van der Waals surface area (Å²) >= 11 is 0. The molecule has 0 aliphatic carbocycles. The summed E-state index contributed by atoms with van der Waals surface area (Å²) in [5.41, 5.74) is 5.36. The van der Waals surface area contributed by atoms with Crippen LogP contribution in [-0.2, 0) is 0 Å². The average Bonchev–Trinajstić information content (AvgIpc) is 2.17. The molecule has 1 aromatic carbocycles. The molecule has 0 unspecified atom stereocenters. The molecule has 0 amide bonds. The van der Waals surface area contributed by atoms with Crippen molar-refractivity contribution in [2.24, 2.45) is 0 Å². The minimum absolute atomic E-state index is 1.09. The summed E-state index contributed by atoms with van der Waals surface area (Å²) in [5, 5.41) is 0. The number of hydrogen-bond acceptors (Lipinski definition) is 0. The van der Waals surface area contributed by atoms with Gasteiger partial charge in [0.25, 0.3) is 0 Å². The Morgan fingerprint density at radius 1 is 1.27 bits per heavy atom. The van der Waals surface area contributed by atoms with Gasteiger partial charge in [0.2, 0.25) is 0 Å². The summed E-state index contributed by atoms with van der Waals surface area (Å²) in [6, 6.07) is 6.61. The fourth-order valence-electron chi connectivity index (χ4n) is 1.69. The van der Waals surface area contributed by atoms with Gasteiger partial charge < -0.3 is 0 Å². The molecular weight excluding hydrogens is 180 g/mol. The first-order valence-electron chi connectivity index (χ1n) is 5.56. The Morgan fingerprint density at radius 2 is 2.00 bits per heavy atom. The van der Waals surface area contributed by atoms with Crippen molar-refractivity contribution in [1.82, 2.24) is 0 Å². The molecule has 0 saturated heterocycles. The van der Waals surface area contributed by atoms with Gasteiger partial charge in [-0.2, -0.15) is 0 Å². The quantitative estimate of drug-likeness (QED) is 0.622. The first-order chi connectivity index (χ1) is 7.15. The fraction of sp³-hybridized carbons (Fsp3) is 0.333. The van der Waals surface area contributed by atoms with Gasteiger partial charge >= 0.3 is 0 Å². The molecule has 1 rings (SSSR count). The molecule has 0 N–H and O–H groups in total. The van der Waals surface area contributed by atoms with E-state index in [1.54, 1.807) is 0 Å². The van der Waals surface area contributed by atoms with Crippen LogP contribution < -0.4 is 0 Å². The van der Waals surface area contributed by atoms with E-state index < -0.39 is 0 Å². The van der Waals surface area contributed by atoms with Gasteiger partial charge in [-0.05, 0) is 43.9 Å². The van der Waals surface area contributed by atoms with Crippen LogP contribution in [-0.4, -0.2) is 0 Å². The largest absolute Gasteiger partial charge is 0.0848 e. The Hall–Kier alpha value is -1.30. The van der Waals surface area contributed by atoms with Crippen LogP contribution in [0.15, 0.2) is 36.4 Å². The highest BCUT2D eigenvalue weighted by molar-refractivity contribution is 5.68. The molecule has 0 atom stereocenters. The van der Waals surface area contributed by atoms with Gasteiger partial charge in [0, 0.05) is 0 Å². The van der Waals surface area contributed by atoms with Crippen LogP contribution in [0.25, 0.3) is 5.57 Å². The van der Waals surface area contributed by atoms with Gasteiger partial charge in [0.15, 0.2) is 0 Å². The van der Waals surface area contributed by atoms with Gasteiger partial charge in [0.1, 0.15) is 0 Å². The Balaban J connectivity index is 2.96. The smallest absolute Gasteiger partial charge is 0.0198 e. The SMILES string of the molecule is CC/C=C/C=C(/C)c1ccc(C)cc1C. The molecule has 0 bridgehead atoms.